The first kappa shape index (κ1) is 16.6. The summed E-state index contributed by atoms with van der Waals surface area (Å²) in [6, 6.07) is 4.36. The Morgan fingerprint density at radius 2 is 2.04 bits per heavy atom. The molecule has 2 aliphatic carbocycles. The number of nitrogens with zero attached hydrogens (tertiary/aromatic N) is 3. The highest BCUT2D eigenvalue weighted by Crippen LogP contribution is 2.54. The minimum atomic E-state index is -0.165. The molecule has 138 valence electrons. The highest BCUT2D eigenvalue weighted by Gasteiger charge is 2.60. The van der Waals surface area contributed by atoms with Crippen molar-refractivity contribution in [2.45, 2.75) is 48.8 Å². The van der Waals surface area contributed by atoms with Gasteiger partial charge in [-0.05, 0) is 50.7 Å². The summed E-state index contributed by atoms with van der Waals surface area (Å²) in [5.74, 6) is 1.96. The van der Waals surface area contributed by atoms with Crippen molar-refractivity contribution in [3.05, 3.63) is 30.4 Å². The maximum absolute atomic E-state index is 11.5. The van der Waals surface area contributed by atoms with Gasteiger partial charge in [0.1, 0.15) is 5.82 Å². The molecule has 1 amide bonds. The van der Waals surface area contributed by atoms with Gasteiger partial charge in [-0.25, -0.2) is 4.98 Å². The second-order valence-electron chi connectivity index (χ2n) is 8.60. The van der Waals surface area contributed by atoms with E-state index in [1.165, 1.54) is 29.7 Å². The normalized spacial score (nSPS) is 28.9. The van der Waals surface area contributed by atoms with Crippen molar-refractivity contribution in [2.75, 3.05) is 13.1 Å². The molecule has 2 atom stereocenters. The number of amides is 1. The Balaban J connectivity index is 1.42. The lowest BCUT2D eigenvalue weighted by Crippen LogP contribution is -2.43. The standard InChI is InChI=1S/C20H26N4OS/c1-20(2,23-10-13-14(11-23)17(13)18(21)25)19-22-9-15-16(7-4-8-24(15)19)26-12-5-3-6-12/h4,7-9,12-14,17H,3,5-6,10-11H2,1-2H3,(H2,21,25). The first-order chi connectivity index (χ1) is 12.5. The molecule has 5 rings (SSSR count). The molecule has 2 unspecified atom stereocenters. The van der Waals surface area contributed by atoms with E-state index in [9.17, 15) is 4.79 Å². The van der Waals surface area contributed by atoms with Crippen molar-refractivity contribution in [3.63, 3.8) is 0 Å². The summed E-state index contributed by atoms with van der Waals surface area (Å²) in [6.45, 7) is 6.38. The summed E-state index contributed by atoms with van der Waals surface area (Å²) >= 11 is 2.00. The number of primary amides is 1. The fourth-order valence-electron chi connectivity index (χ4n) is 4.76. The fraction of sp³-hybridized carbons (Fsp3) is 0.600. The van der Waals surface area contributed by atoms with E-state index in [1.807, 2.05) is 18.0 Å². The molecule has 2 aromatic rings. The van der Waals surface area contributed by atoms with Crippen molar-refractivity contribution in [3.8, 4) is 0 Å². The van der Waals surface area contributed by atoms with Gasteiger partial charge in [-0.1, -0.05) is 6.42 Å². The Bertz CT molecular complexity index is 860. The van der Waals surface area contributed by atoms with Crippen LogP contribution in [0.2, 0.25) is 0 Å². The Labute approximate surface area is 158 Å². The third-order valence-electron chi connectivity index (χ3n) is 6.74. The zero-order valence-corrected chi connectivity index (χ0v) is 16.2. The van der Waals surface area contributed by atoms with Gasteiger partial charge in [0.2, 0.25) is 5.91 Å². The molecule has 0 bridgehead atoms. The lowest BCUT2D eigenvalue weighted by molar-refractivity contribution is -0.120. The van der Waals surface area contributed by atoms with Crippen LogP contribution in [0.4, 0.5) is 0 Å². The number of hydrogen-bond acceptors (Lipinski definition) is 4. The first-order valence-corrected chi connectivity index (χ1v) is 10.5. The van der Waals surface area contributed by atoms with Crippen LogP contribution in [0, 0.1) is 17.8 Å². The third kappa shape index (κ3) is 2.42. The van der Waals surface area contributed by atoms with Gasteiger partial charge in [-0.3, -0.25) is 9.69 Å². The molecule has 26 heavy (non-hydrogen) atoms. The van der Waals surface area contributed by atoms with Crippen LogP contribution in [0.5, 0.6) is 0 Å². The number of fused-ring (bicyclic) bond motifs is 2. The van der Waals surface area contributed by atoms with Crippen molar-refractivity contribution in [1.29, 1.82) is 0 Å². The van der Waals surface area contributed by atoms with Crippen LogP contribution in [-0.4, -0.2) is 38.5 Å². The van der Waals surface area contributed by atoms with Crippen LogP contribution in [0.15, 0.2) is 29.4 Å². The predicted octanol–water partition coefficient (Wildman–Crippen LogP) is 2.88. The number of aromatic nitrogens is 2. The van der Waals surface area contributed by atoms with Crippen LogP contribution in [0.3, 0.4) is 0 Å². The summed E-state index contributed by atoms with van der Waals surface area (Å²) in [6.07, 6.45) is 8.18. The summed E-state index contributed by atoms with van der Waals surface area (Å²) < 4.78 is 2.26. The van der Waals surface area contributed by atoms with E-state index in [4.69, 9.17) is 10.7 Å². The van der Waals surface area contributed by atoms with Crippen LogP contribution in [-0.2, 0) is 10.3 Å². The van der Waals surface area contributed by atoms with Crippen LogP contribution < -0.4 is 5.73 Å². The van der Waals surface area contributed by atoms with E-state index in [0.29, 0.717) is 11.8 Å². The van der Waals surface area contributed by atoms with Gasteiger partial charge in [-0.15, -0.1) is 11.8 Å². The van der Waals surface area contributed by atoms with Crippen LogP contribution >= 0.6 is 11.8 Å². The minimum absolute atomic E-state index is 0.101. The maximum atomic E-state index is 11.5. The first-order valence-electron chi connectivity index (χ1n) is 9.64. The molecular formula is C20H26N4OS. The number of imidazole rings is 1. The van der Waals surface area contributed by atoms with Gasteiger partial charge in [0.25, 0.3) is 0 Å². The Hall–Kier alpha value is -1.53. The Morgan fingerprint density at radius 1 is 1.31 bits per heavy atom. The van der Waals surface area contributed by atoms with Gasteiger partial charge in [-0.2, -0.15) is 0 Å². The van der Waals surface area contributed by atoms with Gasteiger partial charge in [0, 0.05) is 35.3 Å². The fourth-order valence-corrected chi connectivity index (χ4v) is 6.12. The van der Waals surface area contributed by atoms with Gasteiger partial charge in [0.15, 0.2) is 0 Å². The van der Waals surface area contributed by atoms with E-state index >= 15 is 0 Å². The highest BCUT2D eigenvalue weighted by atomic mass is 32.2. The zero-order chi connectivity index (χ0) is 18.1. The molecule has 3 heterocycles. The number of piperidine rings is 1. The summed E-state index contributed by atoms with van der Waals surface area (Å²) in [5.41, 5.74) is 6.56. The van der Waals surface area contributed by atoms with E-state index in [1.54, 1.807) is 0 Å². The molecule has 5 nitrogen and oxygen atoms in total. The van der Waals surface area contributed by atoms with E-state index < -0.39 is 0 Å². The smallest absolute Gasteiger partial charge is 0.221 e. The number of likely N-dealkylation sites (tertiary alicyclic amines) is 1. The van der Waals surface area contributed by atoms with Crippen molar-refractivity contribution >= 4 is 23.2 Å². The van der Waals surface area contributed by atoms with Crippen molar-refractivity contribution in [1.82, 2.24) is 14.3 Å². The van der Waals surface area contributed by atoms with Gasteiger partial charge >= 0.3 is 0 Å². The zero-order valence-electron chi connectivity index (χ0n) is 15.4. The molecule has 3 fully saturated rings. The monoisotopic (exact) mass is 370 g/mol. The quantitative estimate of drug-likeness (QED) is 0.879. The highest BCUT2D eigenvalue weighted by molar-refractivity contribution is 8.00. The number of carbonyl (C=O) groups excluding carboxylic acids is 1. The molecule has 0 spiro atoms. The van der Waals surface area contributed by atoms with Crippen LogP contribution in [0.25, 0.3) is 5.52 Å². The number of pyridine rings is 1. The molecule has 0 radical (unpaired) electrons. The molecule has 6 heteroatoms. The van der Waals surface area contributed by atoms with Crippen molar-refractivity contribution < 1.29 is 4.79 Å². The molecular weight excluding hydrogens is 344 g/mol. The SMILES string of the molecule is CC(C)(c1ncc2c(SC3CCC3)cccn12)N1CC2C(C1)C2C(N)=O. The third-order valence-corrected chi connectivity index (χ3v) is 8.14. The number of hydrogen-bond donors (Lipinski definition) is 1. The second kappa shape index (κ2) is 5.73. The molecule has 1 saturated heterocycles. The van der Waals surface area contributed by atoms with E-state index in [-0.39, 0.29) is 17.4 Å². The predicted molar refractivity (Wildman–Crippen MR) is 103 cm³/mol. The minimum Gasteiger partial charge on any atom is -0.369 e. The largest absolute Gasteiger partial charge is 0.369 e. The molecule has 2 N–H and O–H groups in total. The lowest BCUT2D eigenvalue weighted by Gasteiger charge is -2.36. The number of thioether (sulfide) groups is 1. The Kier molecular flexibility index (Phi) is 3.67. The summed E-state index contributed by atoms with van der Waals surface area (Å²) in [5, 5.41) is 0.768. The second-order valence-corrected chi connectivity index (χ2v) is 9.94. The average molecular weight is 371 g/mol. The van der Waals surface area contributed by atoms with Crippen molar-refractivity contribution in [2.24, 2.45) is 23.5 Å². The number of nitrogens with two attached hydrogens (primary N) is 1. The summed E-state index contributed by atoms with van der Waals surface area (Å²) in [4.78, 5) is 20.1. The van der Waals surface area contributed by atoms with E-state index in [2.05, 4.69) is 41.5 Å². The molecule has 3 aliphatic rings. The van der Waals surface area contributed by atoms with E-state index in [0.717, 1.165) is 24.2 Å². The topological polar surface area (TPSA) is 63.6 Å². The van der Waals surface area contributed by atoms with Gasteiger partial charge in [0.05, 0.1) is 17.3 Å². The Morgan fingerprint density at radius 3 is 2.65 bits per heavy atom. The lowest BCUT2D eigenvalue weighted by atomic mass is 10.00. The molecule has 2 saturated carbocycles. The van der Waals surface area contributed by atoms with Crippen LogP contribution in [0.1, 0.15) is 38.9 Å². The number of carbonyl (C=O) groups is 1. The van der Waals surface area contributed by atoms with Gasteiger partial charge < -0.3 is 10.1 Å². The number of rotatable bonds is 5. The summed E-state index contributed by atoms with van der Waals surface area (Å²) in [7, 11) is 0. The molecule has 0 aromatic carbocycles. The molecule has 1 aliphatic heterocycles. The maximum Gasteiger partial charge on any atom is 0.221 e. The average Bonchev–Trinajstić information content (AvgIpc) is 2.94. The molecule has 2 aromatic heterocycles.